The van der Waals surface area contributed by atoms with Crippen LogP contribution in [-0.4, -0.2) is 35.3 Å². The van der Waals surface area contributed by atoms with Crippen LogP contribution in [0.25, 0.3) is 0 Å². The maximum absolute atomic E-state index is 12.6. The molecule has 1 fully saturated rings. The molecule has 1 N–H and O–H groups in total. The first-order valence-corrected chi connectivity index (χ1v) is 7.83. The van der Waals surface area contributed by atoms with Crippen molar-refractivity contribution in [2.45, 2.75) is 18.9 Å². The number of nitrogens with one attached hydrogen (secondary N) is 1. The summed E-state index contributed by atoms with van der Waals surface area (Å²) in [6.45, 7) is 3.09. The zero-order valence-electron chi connectivity index (χ0n) is 13.0. The Morgan fingerprint density at radius 1 is 1.09 bits per heavy atom. The average molecular weight is 306 g/mol. The van der Waals surface area contributed by atoms with Crippen LogP contribution < -0.4 is 5.32 Å². The predicted molar refractivity (Wildman–Crippen MR) is 87.4 cm³/mol. The number of benzene rings is 2. The number of nitrogens with zero attached hydrogens (tertiary/aromatic N) is 1. The lowest BCUT2D eigenvalue weighted by Crippen LogP contribution is -2.73. The Balaban J connectivity index is 1.53. The molecule has 0 aliphatic carbocycles. The molecule has 2 aromatic rings. The van der Waals surface area contributed by atoms with Crippen LogP contribution in [-0.2, 0) is 6.42 Å². The molecule has 0 unspecified atom stereocenters. The third-order valence-corrected chi connectivity index (χ3v) is 4.82. The van der Waals surface area contributed by atoms with Crippen LogP contribution in [0, 0.1) is 6.92 Å². The monoisotopic (exact) mass is 306 g/mol. The van der Waals surface area contributed by atoms with E-state index in [0.29, 0.717) is 13.1 Å². The quantitative estimate of drug-likeness (QED) is 0.878. The second-order valence-electron chi connectivity index (χ2n) is 6.54. The predicted octanol–water partition coefficient (Wildman–Crippen LogP) is 2.18. The fourth-order valence-corrected chi connectivity index (χ4v) is 3.61. The van der Waals surface area contributed by atoms with Crippen molar-refractivity contribution in [2.24, 2.45) is 0 Å². The second kappa shape index (κ2) is 4.95. The molecular formula is C19H18N2O2. The van der Waals surface area contributed by atoms with E-state index < -0.39 is 0 Å². The van der Waals surface area contributed by atoms with E-state index in [4.69, 9.17) is 0 Å². The third kappa shape index (κ3) is 2.22. The van der Waals surface area contributed by atoms with Crippen LogP contribution in [0.5, 0.6) is 0 Å². The summed E-state index contributed by atoms with van der Waals surface area (Å²) in [6.07, 6.45) is 0.784. The van der Waals surface area contributed by atoms with Crippen molar-refractivity contribution in [2.75, 3.05) is 13.1 Å². The number of hydrogen-bond acceptors (Lipinski definition) is 2. The molecule has 1 saturated heterocycles. The van der Waals surface area contributed by atoms with Crippen molar-refractivity contribution in [3.05, 3.63) is 70.8 Å². The van der Waals surface area contributed by atoms with Gasteiger partial charge in [0.15, 0.2) is 0 Å². The maximum Gasteiger partial charge on any atom is 0.254 e. The molecule has 2 aliphatic rings. The highest BCUT2D eigenvalue weighted by atomic mass is 16.2. The molecule has 4 heteroatoms. The molecule has 2 aromatic carbocycles. The van der Waals surface area contributed by atoms with Crippen LogP contribution in [0.3, 0.4) is 0 Å². The summed E-state index contributed by atoms with van der Waals surface area (Å²) in [5, 5.41) is 3.10. The van der Waals surface area contributed by atoms with Crippen LogP contribution >= 0.6 is 0 Å². The summed E-state index contributed by atoms with van der Waals surface area (Å²) >= 11 is 0. The van der Waals surface area contributed by atoms with Gasteiger partial charge in [0.25, 0.3) is 11.8 Å². The van der Waals surface area contributed by atoms with Gasteiger partial charge in [-0.3, -0.25) is 9.59 Å². The summed E-state index contributed by atoms with van der Waals surface area (Å²) in [4.78, 5) is 26.7. The summed E-state index contributed by atoms with van der Waals surface area (Å²) < 4.78 is 0. The molecule has 23 heavy (non-hydrogen) atoms. The molecule has 2 aliphatic heterocycles. The molecule has 0 bridgehead atoms. The molecule has 0 radical (unpaired) electrons. The van der Waals surface area contributed by atoms with Crippen molar-refractivity contribution in [1.82, 2.24) is 10.2 Å². The van der Waals surface area contributed by atoms with Crippen molar-refractivity contribution >= 4 is 11.8 Å². The van der Waals surface area contributed by atoms with Gasteiger partial charge >= 0.3 is 0 Å². The van der Waals surface area contributed by atoms with Gasteiger partial charge in [0, 0.05) is 24.2 Å². The van der Waals surface area contributed by atoms with Gasteiger partial charge in [0.2, 0.25) is 0 Å². The first kappa shape index (κ1) is 14.0. The van der Waals surface area contributed by atoms with Crippen molar-refractivity contribution in [1.29, 1.82) is 0 Å². The van der Waals surface area contributed by atoms with E-state index in [-0.39, 0.29) is 17.4 Å². The van der Waals surface area contributed by atoms with Crippen LogP contribution in [0.2, 0.25) is 0 Å². The first-order chi connectivity index (χ1) is 11.1. The Morgan fingerprint density at radius 2 is 1.78 bits per heavy atom. The topological polar surface area (TPSA) is 49.4 Å². The lowest BCUT2D eigenvalue weighted by atomic mass is 9.78. The molecule has 2 amide bonds. The fourth-order valence-electron chi connectivity index (χ4n) is 3.61. The Hall–Kier alpha value is -2.62. The van der Waals surface area contributed by atoms with Gasteiger partial charge in [-0.2, -0.15) is 0 Å². The number of aryl methyl sites for hydroxylation is 1. The standard InChI is InChI=1S/C19H18N2O2/c1-13-6-2-4-8-15(13)18(23)21-11-19(12-21)10-14-7-3-5-9-16(14)17(22)20-19/h2-9H,10-12H2,1H3,(H,20,22). The molecule has 1 spiro atoms. The van der Waals surface area contributed by atoms with Crippen molar-refractivity contribution in [3.8, 4) is 0 Å². The maximum atomic E-state index is 12.6. The number of likely N-dealkylation sites (tertiary alicyclic amines) is 1. The van der Waals surface area contributed by atoms with Crippen LogP contribution in [0.15, 0.2) is 48.5 Å². The number of rotatable bonds is 1. The van der Waals surface area contributed by atoms with Gasteiger partial charge in [-0.15, -0.1) is 0 Å². The van der Waals surface area contributed by atoms with E-state index in [1.54, 1.807) is 0 Å². The highest BCUT2D eigenvalue weighted by molar-refractivity contribution is 5.99. The molecule has 0 saturated carbocycles. The molecule has 4 rings (SSSR count). The minimum absolute atomic E-state index is 0.0326. The van der Waals surface area contributed by atoms with Crippen molar-refractivity contribution < 1.29 is 9.59 Å². The third-order valence-electron chi connectivity index (χ3n) is 4.82. The summed E-state index contributed by atoms with van der Waals surface area (Å²) in [6, 6.07) is 15.3. The van der Waals surface area contributed by atoms with Crippen molar-refractivity contribution in [3.63, 3.8) is 0 Å². The molecule has 0 aromatic heterocycles. The Bertz CT molecular complexity index is 807. The van der Waals surface area contributed by atoms with E-state index in [9.17, 15) is 9.59 Å². The lowest BCUT2D eigenvalue weighted by molar-refractivity contribution is 0.0253. The normalized spacial score (nSPS) is 18.1. The first-order valence-electron chi connectivity index (χ1n) is 7.83. The second-order valence-corrected chi connectivity index (χ2v) is 6.54. The van der Waals surface area contributed by atoms with Crippen LogP contribution in [0.4, 0.5) is 0 Å². The molecule has 4 nitrogen and oxygen atoms in total. The zero-order valence-corrected chi connectivity index (χ0v) is 13.0. The molecule has 116 valence electrons. The van der Waals surface area contributed by atoms with Gasteiger partial charge in [-0.05, 0) is 36.6 Å². The van der Waals surface area contributed by atoms with E-state index >= 15 is 0 Å². The largest absolute Gasteiger partial charge is 0.343 e. The van der Waals surface area contributed by atoms with E-state index in [1.165, 1.54) is 0 Å². The highest BCUT2D eigenvalue weighted by Gasteiger charge is 2.49. The average Bonchev–Trinajstić information content (AvgIpc) is 2.52. The highest BCUT2D eigenvalue weighted by Crippen LogP contribution is 2.32. The minimum Gasteiger partial charge on any atom is -0.343 e. The Morgan fingerprint density at radius 3 is 2.57 bits per heavy atom. The minimum atomic E-state index is -0.302. The van der Waals surface area contributed by atoms with Gasteiger partial charge in [0.1, 0.15) is 0 Å². The molecular weight excluding hydrogens is 288 g/mol. The van der Waals surface area contributed by atoms with E-state index in [1.807, 2.05) is 60.4 Å². The number of hydrogen-bond donors (Lipinski definition) is 1. The SMILES string of the molecule is Cc1ccccc1C(=O)N1CC2(Cc3ccccc3C(=O)N2)C1. The Kier molecular flexibility index (Phi) is 3.01. The summed E-state index contributed by atoms with van der Waals surface area (Å²) in [5.41, 5.74) is 3.24. The van der Waals surface area contributed by atoms with E-state index in [0.717, 1.165) is 28.7 Å². The molecule has 2 heterocycles. The van der Waals surface area contributed by atoms with Gasteiger partial charge in [-0.25, -0.2) is 0 Å². The van der Waals surface area contributed by atoms with Crippen LogP contribution in [0.1, 0.15) is 31.8 Å². The Labute approximate surface area is 135 Å². The van der Waals surface area contributed by atoms with Gasteiger partial charge < -0.3 is 10.2 Å². The lowest BCUT2D eigenvalue weighted by Gasteiger charge is -2.52. The number of carbonyl (C=O) groups is 2. The summed E-state index contributed by atoms with van der Waals surface area (Å²) in [7, 11) is 0. The number of fused-ring (bicyclic) bond motifs is 1. The smallest absolute Gasteiger partial charge is 0.254 e. The fraction of sp³-hybridized carbons (Fsp3) is 0.263. The van der Waals surface area contributed by atoms with Gasteiger partial charge in [-0.1, -0.05) is 36.4 Å². The number of carbonyl (C=O) groups excluding carboxylic acids is 2. The van der Waals surface area contributed by atoms with Gasteiger partial charge in [0.05, 0.1) is 5.54 Å². The number of amides is 2. The molecule has 0 atom stereocenters. The summed E-state index contributed by atoms with van der Waals surface area (Å²) in [5.74, 6) is 0.0108. The zero-order chi connectivity index (χ0) is 16.0. The van der Waals surface area contributed by atoms with E-state index in [2.05, 4.69) is 5.32 Å².